The van der Waals surface area contributed by atoms with Gasteiger partial charge < -0.3 is 121 Å². The molecule has 0 saturated carbocycles. The molecule has 0 heterocycles. The average Bonchev–Trinajstić information content (AvgIpc) is 0.753. The lowest BCUT2D eigenvalue weighted by Crippen LogP contribution is -2.40. The second-order valence-corrected chi connectivity index (χ2v) is 27.7. The van der Waals surface area contributed by atoms with Crippen molar-refractivity contribution in [1.29, 1.82) is 0 Å². The second kappa shape index (κ2) is 47.9. The Morgan fingerprint density at radius 3 is 0.429 bits per heavy atom. The van der Waals surface area contributed by atoms with Crippen molar-refractivity contribution >= 4 is 47.3 Å². The molecule has 0 saturated heterocycles. The summed E-state index contributed by atoms with van der Waals surface area (Å²) < 4.78 is 52.7. The van der Waals surface area contributed by atoms with Crippen LogP contribution in [0.2, 0.25) is 0 Å². The fourth-order valence-corrected chi connectivity index (χ4v) is 12.3. The zero-order valence-corrected chi connectivity index (χ0v) is 66.6. The first-order valence-corrected chi connectivity index (χ1v) is 38.7. The van der Waals surface area contributed by atoms with Crippen molar-refractivity contribution in [2.75, 3.05) is 106 Å². The van der Waals surface area contributed by atoms with Gasteiger partial charge in [-0.15, -0.1) is 0 Å². The molecule has 4 aromatic rings. The molecule has 0 aromatic heterocycles. The number of carbonyl (C=O) groups is 8. The van der Waals surface area contributed by atoms with E-state index in [2.05, 4.69) is 42.5 Å². The molecule has 8 amide bonds. The molecule has 8 bridgehead atoms. The predicted octanol–water partition coefficient (Wildman–Crippen LogP) is 2.73. The first-order chi connectivity index (χ1) is 53.7. The maximum atomic E-state index is 14.0. The first-order valence-electron chi connectivity index (χ1n) is 38.7. The van der Waals surface area contributed by atoms with Gasteiger partial charge in [-0.25, -0.2) is 0 Å². The van der Waals surface area contributed by atoms with Crippen LogP contribution in [0, 0.1) is 0 Å². The largest absolute Gasteiger partial charge is 0.483 e. The van der Waals surface area contributed by atoms with E-state index in [4.69, 9.17) is 37.9 Å². The van der Waals surface area contributed by atoms with Gasteiger partial charge in [-0.05, 0) is 75.6 Å². The van der Waals surface area contributed by atoms with Crippen molar-refractivity contribution in [3.63, 3.8) is 0 Å². The van der Waals surface area contributed by atoms with E-state index < -0.39 is 225 Å². The molecule has 8 unspecified atom stereocenters. The van der Waals surface area contributed by atoms with Crippen LogP contribution in [0.15, 0.2) is 48.5 Å². The van der Waals surface area contributed by atoms with E-state index >= 15 is 0 Å². The van der Waals surface area contributed by atoms with Crippen molar-refractivity contribution in [2.24, 2.45) is 0 Å². The smallest absolute Gasteiger partial charge is 0.258 e. The third-order valence-electron chi connectivity index (χ3n) is 19.8. The molecule has 0 aliphatic heterocycles. The van der Waals surface area contributed by atoms with Crippen LogP contribution < -0.4 is 80.4 Å². The Labute approximate surface area is 655 Å². The Balaban J connectivity index is 2.15. The summed E-state index contributed by atoms with van der Waals surface area (Å²) in [6, 6.07) is 7.31. The molecule has 1 aliphatic carbocycles. The molecule has 0 spiro atoms. The molecule has 16 N–H and O–H groups in total. The third-order valence-corrected chi connectivity index (χ3v) is 19.8. The molecule has 624 valence electrons. The molecule has 0 radical (unpaired) electrons. The second-order valence-electron chi connectivity index (χ2n) is 27.7. The number of ether oxygens (including phenoxy) is 8. The van der Waals surface area contributed by atoms with Crippen molar-refractivity contribution < 1.29 is 117 Å². The quantitative estimate of drug-likeness (QED) is 0.0302. The molecule has 32 nitrogen and oxygen atoms in total. The van der Waals surface area contributed by atoms with E-state index in [1.54, 1.807) is 107 Å². The summed E-state index contributed by atoms with van der Waals surface area (Å²) in [6.07, 6.45) is 2.79. The Hall–Kier alpha value is -9.28. The zero-order chi connectivity index (χ0) is 82.7. The standard InChI is InChI=1S/C80H120N8O24/c1-13-49(29-89)81-73(97)37-105-65-25-66(106-38-74(98)82-50(14-2)30-90)58-21-57(65)45(9)59-22-60(68(108-40-76(100)84-52(16-4)32-92)26-67(59)107-39-75(99)83-51(15-3)31-91)47(11)63-24-64(72(112-44-80(104)88-56(20-8)36-96)28-71(63)111-43-79(103)87-55(19-7)35-95)48(12)62-23-61(46(58)10)69(109-41-77(101)85-53(17-5)33-93)27-70(62)110-42-78(102)86-54(18-6)34-94/h21-28,45-56,89-96H,13-20,29-44H2,1-12H3,(H,81,97)(H,82,98)(H,83,99)(H,84,100)(H,85,101)(H,86,102)(H,87,103)(H,88,104). The van der Waals surface area contributed by atoms with Crippen LogP contribution in [0.1, 0.15) is 203 Å². The van der Waals surface area contributed by atoms with Crippen LogP contribution in [0.25, 0.3) is 0 Å². The van der Waals surface area contributed by atoms with Gasteiger partial charge >= 0.3 is 0 Å². The molecule has 1 aliphatic rings. The van der Waals surface area contributed by atoms with Crippen molar-refractivity contribution in [3.8, 4) is 46.0 Å². The molecule has 4 aromatic carbocycles. The number of aliphatic hydroxyl groups excluding tert-OH is 8. The summed E-state index contributed by atoms with van der Waals surface area (Å²) in [5, 5.41) is 104. The highest BCUT2D eigenvalue weighted by Gasteiger charge is 2.34. The zero-order valence-electron chi connectivity index (χ0n) is 66.6. The van der Waals surface area contributed by atoms with E-state index in [-0.39, 0.29) is 90.5 Å². The summed E-state index contributed by atoms with van der Waals surface area (Å²) in [4.78, 5) is 112. The summed E-state index contributed by atoms with van der Waals surface area (Å²) in [5.41, 5.74) is 2.26. The molecular weight excluding hydrogens is 1460 g/mol. The first kappa shape index (κ1) is 93.3. The van der Waals surface area contributed by atoms with Crippen LogP contribution in [0.5, 0.6) is 46.0 Å². The number of aliphatic hydroxyl groups is 8. The fraction of sp³-hybridized carbons (Fsp3) is 0.600. The monoisotopic (exact) mass is 1580 g/mol. The molecule has 32 heteroatoms. The van der Waals surface area contributed by atoms with E-state index in [9.17, 15) is 79.2 Å². The number of hydrogen-bond acceptors (Lipinski definition) is 24. The van der Waals surface area contributed by atoms with Crippen molar-refractivity contribution in [3.05, 3.63) is 93.0 Å². The number of fused-ring (bicyclic) bond motifs is 8. The van der Waals surface area contributed by atoms with E-state index in [0.717, 1.165) is 0 Å². The number of carbonyl (C=O) groups excluding carboxylic acids is 8. The molecule has 112 heavy (non-hydrogen) atoms. The molecular formula is C80H120N8O24. The van der Waals surface area contributed by atoms with Gasteiger partial charge in [0.2, 0.25) is 0 Å². The van der Waals surface area contributed by atoms with Gasteiger partial charge in [-0.3, -0.25) is 38.4 Å². The summed E-state index contributed by atoms with van der Waals surface area (Å²) in [7, 11) is 0. The van der Waals surface area contributed by atoms with E-state index in [0.29, 0.717) is 51.4 Å². The van der Waals surface area contributed by atoms with E-state index in [1.165, 1.54) is 24.3 Å². The van der Waals surface area contributed by atoms with E-state index in [1.807, 2.05) is 0 Å². The molecule has 5 rings (SSSR count). The SMILES string of the molecule is CCC(CO)NC(=O)COc1cc(OCC(=O)NC(CC)CO)c2cc1C(C)c1cc(c(OCC(=O)NC(CC)CO)cc1OCC(=O)NC(CC)CO)C(C)c1cc(c(OCC(=O)NC(CC)CO)cc1OCC(=O)NC(CC)CO)C(C)c1cc(c(OCC(=O)NC(CC)CO)cc1OCC(=O)NC(CC)CO)C2C. The summed E-state index contributed by atoms with van der Waals surface area (Å²) in [5.74, 6) is -9.43. The number of rotatable bonds is 48. The minimum absolute atomic E-state index is 0.0198. The lowest BCUT2D eigenvalue weighted by atomic mass is 9.80. The number of benzene rings is 4. The lowest BCUT2D eigenvalue weighted by molar-refractivity contribution is -0.125. The van der Waals surface area contributed by atoms with Crippen LogP contribution in [-0.4, -0.2) is 242 Å². The van der Waals surface area contributed by atoms with Gasteiger partial charge in [0.25, 0.3) is 47.3 Å². The number of amides is 8. The molecule has 8 atom stereocenters. The Bertz CT molecular complexity index is 3000. The van der Waals surface area contributed by atoms with Crippen LogP contribution in [0.4, 0.5) is 0 Å². The summed E-state index contributed by atoms with van der Waals surface area (Å²) >= 11 is 0. The van der Waals surface area contributed by atoms with Gasteiger partial charge in [0.1, 0.15) is 46.0 Å². The highest BCUT2D eigenvalue weighted by Crippen LogP contribution is 2.51. The Morgan fingerprint density at radius 1 is 0.232 bits per heavy atom. The summed E-state index contributed by atoms with van der Waals surface area (Å²) in [6.45, 7) is 12.7. The lowest BCUT2D eigenvalue weighted by Gasteiger charge is -2.30. The van der Waals surface area contributed by atoms with Crippen molar-refractivity contribution in [1.82, 2.24) is 42.5 Å². The highest BCUT2D eigenvalue weighted by atomic mass is 16.5. The topological polar surface area (TPSA) is 468 Å². The fourth-order valence-electron chi connectivity index (χ4n) is 12.3. The van der Waals surface area contributed by atoms with Gasteiger partial charge in [0, 0.05) is 92.4 Å². The Morgan fingerprint density at radius 2 is 0.339 bits per heavy atom. The minimum atomic E-state index is -1.02. The van der Waals surface area contributed by atoms with Gasteiger partial charge in [-0.2, -0.15) is 0 Å². The van der Waals surface area contributed by atoms with Crippen LogP contribution in [-0.2, 0) is 38.4 Å². The van der Waals surface area contributed by atoms with Gasteiger partial charge in [0.05, 0.1) is 101 Å². The van der Waals surface area contributed by atoms with Gasteiger partial charge in [-0.1, -0.05) is 83.1 Å². The Kier molecular flexibility index (Phi) is 39.9. The third kappa shape index (κ3) is 27.5. The number of hydrogen-bond donors (Lipinski definition) is 16. The van der Waals surface area contributed by atoms with Gasteiger partial charge in [0.15, 0.2) is 52.9 Å². The maximum Gasteiger partial charge on any atom is 0.258 e. The maximum absolute atomic E-state index is 14.0. The van der Waals surface area contributed by atoms with Crippen LogP contribution in [0.3, 0.4) is 0 Å². The average molecular weight is 1580 g/mol. The van der Waals surface area contributed by atoms with Crippen molar-refractivity contribution in [2.45, 2.75) is 206 Å². The predicted molar refractivity (Wildman–Crippen MR) is 414 cm³/mol. The molecule has 0 fully saturated rings. The number of nitrogens with one attached hydrogen (secondary N) is 8. The normalized spacial score (nSPS) is 16.5. The van der Waals surface area contributed by atoms with Crippen LogP contribution >= 0.6 is 0 Å². The highest BCUT2D eigenvalue weighted by molar-refractivity contribution is 5.82. The minimum Gasteiger partial charge on any atom is -0.483 e.